The van der Waals surface area contributed by atoms with Crippen LogP contribution in [0.3, 0.4) is 0 Å². The van der Waals surface area contributed by atoms with Crippen molar-refractivity contribution in [3.05, 3.63) is 0 Å². The van der Waals surface area contributed by atoms with Gasteiger partial charge in [0.15, 0.2) is 0 Å². The number of nitrogens with one attached hydrogen (secondary N) is 1. The van der Waals surface area contributed by atoms with Crippen molar-refractivity contribution in [3.63, 3.8) is 0 Å². The average molecular weight is 334 g/mol. The normalized spacial score (nSPS) is 12.4. The SMILES string of the molecule is CCCCCCCCCCC(C)[Se]CCNC(C)=O. The van der Waals surface area contributed by atoms with Crippen molar-refractivity contribution >= 4 is 20.9 Å². The molecule has 0 aliphatic heterocycles. The molecular formula is C16H33NOSe. The van der Waals surface area contributed by atoms with Gasteiger partial charge in [-0.1, -0.05) is 0 Å². The van der Waals surface area contributed by atoms with Gasteiger partial charge in [-0.25, -0.2) is 0 Å². The molecule has 2 nitrogen and oxygen atoms in total. The van der Waals surface area contributed by atoms with Crippen LogP contribution in [-0.2, 0) is 4.79 Å². The number of carbonyl (C=O) groups excluding carboxylic acids is 1. The Bertz CT molecular complexity index is 209. The van der Waals surface area contributed by atoms with Gasteiger partial charge in [0.1, 0.15) is 0 Å². The molecule has 0 bridgehead atoms. The summed E-state index contributed by atoms with van der Waals surface area (Å²) in [5, 5.41) is 4.06. The van der Waals surface area contributed by atoms with Crippen LogP contribution in [-0.4, -0.2) is 27.4 Å². The van der Waals surface area contributed by atoms with Crippen LogP contribution < -0.4 is 5.32 Å². The van der Waals surface area contributed by atoms with Crippen LogP contribution in [0.2, 0.25) is 10.1 Å². The Morgan fingerprint density at radius 2 is 1.63 bits per heavy atom. The molecule has 0 aromatic heterocycles. The van der Waals surface area contributed by atoms with E-state index in [-0.39, 0.29) is 5.91 Å². The van der Waals surface area contributed by atoms with Crippen molar-refractivity contribution in [1.82, 2.24) is 5.32 Å². The zero-order valence-corrected chi connectivity index (χ0v) is 14.9. The Balaban J connectivity index is 3.15. The Kier molecular flexibility index (Phi) is 14.4. The summed E-state index contributed by atoms with van der Waals surface area (Å²) >= 11 is 0.698. The number of amides is 1. The summed E-state index contributed by atoms with van der Waals surface area (Å²) in [4.78, 5) is 11.6. The Hall–Kier alpha value is -0.0105. The molecule has 0 aliphatic carbocycles. The van der Waals surface area contributed by atoms with Crippen LogP contribution in [0.1, 0.15) is 78.6 Å². The molecule has 0 spiro atoms. The second-order valence-electron chi connectivity index (χ2n) is 5.43. The van der Waals surface area contributed by atoms with Gasteiger partial charge in [-0.2, -0.15) is 0 Å². The maximum absolute atomic E-state index is 10.7. The molecule has 0 saturated heterocycles. The number of unbranched alkanes of at least 4 members (excludes halogenated alkanes) is 7. The van der Waals surface area contributed by atoms with E-state index in [1.54, 1.807) is 6.92 Å². The van der Waals surface area contributed by atoms with Crippen molar-refractivity contribution in [3.8, 4) is 0 Å². The zero-order chi connectivity index (χ0) is 14.3. The van der Waals surface area contributed by atoms with E-state index in [0.29, 0.717) is 15.0 Å². The number of hydrogen-bond donors (Lipinski definition) is 1. The number of rotatable bonds is 13. The second-order valence-corrected chi connectivity index (χ2v) is 8.67. The first-order valence-corrected chi connectivity index (χ1v) is 10.2. The van der Waals surface area contributed by atoms with Crippen LogP contribution in [0.4, 0.5) is 0 Å². The van der Waals surface area contributed by atoms with Crippen LogP contribution in [0.15, 0.2) is 0 Å². The first-order chi connectivity index (χ1) is 9.16. The zero-order valence-electron chi connectivity index (χ0n) is 13.2. The first-order valence-electron chi connectivity index (χ1n) is 8.02. The van der Waals surface area contributed by atoms with E-state index in [4.69, 9.17) is 0 Å². The molecule has 0 rings (SSSR count). The summed E-state index contributed by atoms with van der Waals surface area (Å²) in [5.74, 6) is 0.103. The van der Waals surface area contributed by atoms with Crippen molar-refractivity contribution in [2.75, 3.05) is 6.54 Å². The molecule has 0 heterocycles. The molecule has 1 atom stereocenters. The van der Waals surface area contributed by atoms with E-state index in [1.807, 2.05) is 0 Å². The Labute approximate surface area is 126 Å². The molecule has 114 valence electrons. The topological polar surface area (TPSA) is 29.1 Å². The van der Waals surface area contributed by atoms with Crippen molar-refractivity contribution in [2.24, 2.45) is 0 Å². The van der Waals surface area contributed by atoms with Crippen molar-refractivity contribution < 1.29 is 4.79 Å². The summed E-state index contributed by atoms with van der Waals surface area (Å²) in [5.41, 5.74) is 0. The summed E-state index contributed by atoms with van der Waals surface area (Å²) in [6, 6.07) is 0. The minimum absolute atomic E-state index is 0.103. The molecule has 0 fully saturated rings. The predicted molar refractivity (Wildman–Crippen MR) is 85.9 cm³/mol. The van der Waals surface area contributed by atoms with Gasteiger partial charge in [-0.3, -0.25) is 0 Å². The molecule has 0 aliphatic rings. The van der Waals surface area contributed by atoms with Gasteiger partial charge in [-0.15, -0.1) is 0 Å². The molecular weight excluding hydrogens is 301 g/mol. The molecule has 0 radical (unpaired) electrons. The van der Waals surface area contributed by atoms with Crippen LogP contribution in [0, 0.1) is 0 Å². The molecule has 0 aromatic carbocycles. The van der Waals surface area contributed by atoms with E-state index >= 15 is 0 Å². The molecule has 0 aromatic rings. The average Bonchev–Trinajstić information content (AvgIpc) is 2.37. The summed E-state index contributed by atoms with van der Waals surface area (Å²) in [7, 11) is 0. The quantitative estimate of drug-likeness (QED) is 0.387. The van der Waals surface area contributed by atoms with Crippen molar-refractivity contribution in [2.45, 2.75) is 88.7 Å². The molecule has 3 heteroatoms. The summed E-state index contributed by atoms with van der Waals surface area (Å²) in [6.07, 6.45) is 12.7. The van der Waals surface area contributed by atoms with E-state index in [9.17, 15) is 4.79 Å². The van der Waals surface area contributed by atoms with Gasteiger partial charge in [0.05, 0.1) is 0 Å². The monoisotopic (exact) mass is 335 g/mol. The third-order valence-corrected chi connectivity index (χ3v) is 5.95. The molecule has 0 saturated carbocycles. The number of hydrogen-bond acceptors (Lipinski definition) is 1. The second kappa shape index (κ2) is 14.4. The van der Waals surface area contributed by atoms with Gasteiger partial charge in [0, 0.05) is 0 Å². The third-order valence-electron chi connectivity index (χ3n) is 3.34. The standard InChI is InChI=1S/C16H33NOSe/c1-4-5-6-7-8-9-10-11-12-15(2)19-14-13-17-16(3)18/h15H,4-14H2,1-3H3,(H,17,18). The molecule has 1 N–H and O–H groups in total. The van der Waals surface area contributed by atoms with Crippen LogP contribution in [0.5, 0.6) is 0 Å². The fourth-order valence-electron chi connectivity index (χ4n) is 2.14. The fourth-order valence-corrected chi connectivity index (χ4v) is 4.14. The number of carbonyl (C=O) groups is 1. The Morgan fingerprint density at radius 3 is 2.21 bits per heavy atom. The van der Waals surface area contributed by atoms with E-state index in [2.05, 4.69) is 19.2 Å². The van der Waals surface area contributed by atoms with Gasteiger partial charge >= 0.3 is 126 Å². The van der Waals surface area contributed by atoms with Gasteiger partial charge < -0.3 is 0 Å². The van der Waals surface area contributed by atoms with Crippen LogP contribution >= 0.6 is 0 Å². The van der Waals surface area contributed by atoms with Gasteiger partial charge in [-0.05, 0) is 0 Å². The summed E-state index contributed by atoms with van der Waals surface area (Å²) < 4.78 is 0. The van der Waals surface area contributed by atoms with Gasteiger partial charge in [0.2, 0.25) is 0 Å². The van der Waals surface area contributed by atoms with E-state index in [0.717, 1.165) is 11.4 Å². The van der Waals surface area contributed by atoms with Crippen LogP contribution in [0.25, 0.3) is 0 Å². The van der Waals surface area contributed by atoms with Gasteiger partial charge in [0.25, 0.3) is 0 Å². The summed E-state index contributed by atoms with van der Waals surface area (Å²) in [6.45, 7) is 7.11. The predicted octanol–water partition coefficient (Wildman–Crippen LogP) is 4.58. The molecule has 19 heavy (non-hydrogen) atoms. The minimum atomic E-state index is 0.103. The molecule has 1 amide bonds. The van der Waals surface area contributed by atoms with E-state index in [1.165, 1.54) is 63.1 Å². The third kappa shape index (κ3) is 15.9. The van der Waals surface area contributed by atoms with Crippen molar-refractivity contribution in [1.29, 1.82) is 0 Å². The molecule has 1 unspecified atom stereocenters. The Morgan fingerprint density at radius 1 is 1.05 bits per heavy atom. The fraction of sp³-hybridized carbons (Fsp3) is 0.938. The first kappa shape index (κ1) is 19.0. The van der Waals surface area contributed by atoms with E-state index < -0.39 is 0 Å². The maximum atomic E-state index is 10.7.